The predicted octanol–water partition coefficient (Wildman–Crippen LogP) is 3.81. The van der Waals surface area contributed by atoms with E-state index in [1.807, 2.05) is 48.3 Å². The highest BCUT2D eigenvalue weighted by Gasteiger charge is 2.32. The van der Waals surface area contributed by atoms with Crippen molar-refractivity contribution in [1.29, 1.82) is 0 Å². The molecule has 0 atom stereocenters. The summed E-state index contributed by atoms with van der Waals surface area (Å²) in [5.41, 5.74) is 2.17. The molecule has 27 heavy (non-hydrogen) atoms. The van der Waals surface area contributed by atoms with Gasteiger partial charge in [-0.25, -0.2) is 4.99 Å². The van der Waals surface area contributed by atoms with E-state index in [2.05, 4.69) is 24.3 Å². The Kier molecular flexibility index (Phi) is 4.75. The Morgan fingerprint density at radius 3 is 2.11 bits per heavy atom. The van der Waals surface area contributed by atoms with E-state index < -0.39 is 0 Å². The zero-order valence-electron chi connectivity index (χ0n) is 15.2. The lowest BCUT2D eigenvalue weighted by atomic mass is 9.99. The van der Waals surface area contributed by atoms with E-state index in [9.17, 15) is 4.79 Å². The summed E-state index contributed by atoms with van der Waals surface area (Å²) < 4.78 is 5.30. The molecule has 0 spiro atoms. The molecule has 0 N–H and O–H groups in total. The fourth-order valence-corrected chi connectivity index (χ4v) is 3.28. The Morgan fingerprint density at radius 1 is 0.926 bits per heavy atom. The van der Waals surface area contributed by atoms with Crippen molar-refractivity contribution in [2.45, 2.75) is 6.04 Å². The number of hydrogen-bond donors (Lipinski definition) is 0. The highest BCUT2D eigenvalue weighted by atomic mass is 16.3. The fraction of sp³-hybridized carbons (Fsp3) is 0.182. The van der Waals surface area contributed by atoms with Crippen molar-refractivity contribution in [2.75, 3.05) is 20.1 Å². The average Bonchev–Trinajstić information content (AvgIpc) is 3.37. The summed E-state index contributed by atoms with van der Waals surface area (Å²) in [7, 11) is 1.96. The van der Waals surface area contributed by atoms with Gasteiger partial charge in [0.1, 0.15) is 6.04 Å². The van der Waals surface area contributed by atoms with Gasteiger partial charge in [0.25, 0.3) is 5.91 Å². The van der Waals surface area contributed by atoms with Crippen LogP contribution in [-0.2, 0) is 0 Å². The zero-order valence-corrected chi connectivity index (χ0v) is 15.2. The second kappa shape index (κ2) is 7.50. The van der Waals surface area contributed by atoms with E-state index in [0.29, 0.717) is 18.3 Å². The number of carbonyl (C=O) groups excluding carboxylic acids is 1. The van der Waals surface area contributed by atoms with Crippen molar-refractivity contribution >= 4 is 11.9 Å². The summed E-state index contributed by atoms with van der Waals surface area (Å²) in [5.74, 6) is 0.825. The number of guanidine groups is 1. The first-order chi connectivity index (χ1) is 13.2. The standard InChI is InChI=1S/C22H21N3O2/c1-24-14-15-25(21(26)19-13-8-16-27-19)22(24)23-20(17-9-4-2-5-10-17)18-11-6-3-7-12-18/h2-13,16,20H,14-15H2,1H3/b23-22+. The van der Waals surface area contributed by atoms with Gasteiger partial charge in [0.2, 0.25) is 5.96 Å². The monoisotopic (exact) mass is 359 g/mol. The van der Waals surface area contributed by atoms with E-state index in [1.165, 1.54) is 6.26 Å². The minimum atomic E-state index is -0.185. The van der Waals surface area contributed by atoms with E-state index in [0.717, 1.165) is 17.7 Å². The number of hydrogen-bond acceptors (Lipinski definition) is 3. The first kappa shape index (κ1) is 17.1. The molecular formula is C22H21N3O2. The van der Waals surface area contributed by atoms with Crippen LogP contribution in [0, 0.1) is 0 Å². The molecule has 1 aliphatic rings. The molecule has 0 bridgehead atoms. The average molecular weight is 359 g/mol. The molecule has 5 nitrogen and oxygen atoms in total. The minimum absolute atomic E-state index is 0.164. The molecule has 1 aliphatic heterocycles. The fourth-order valence-electron chi connectivity index (χ4n) is 3.28. The number of benzene rings is 2. The molecule has 0 saturated carbocycles. The van der Waals surface area contributed by atoms with Crippen LogP contribution in [0.1, 0.15) is 27.7 Å². The topological polar surface area (TPSA) is 49.0 Å². The van der Waals surface area contributed by atoms with E-state index >= 15 is 0 Å². The molecule has 1 amide bonds. The van der Waals surface area contributed by atoms with Crippen LogP contribution in [0.25, 0.3) is 0 Å². The van der Waals surface area contributed by atoms with E-state index in [4.69, 9.17) is 9.41 Å². The lowest BCUT2D eigenvalue weighted by Crippen LogP contribution is -2.36. The van der Waals surface area contributed by atoms with Crippen molar-refractivity contribution in [1.82, 2.24) is 9.80 Å². The summed E-state index contributed by atoms with van der Waals surface area (Å²) in [4.78, 5) is 21.6. The van der Waals surface area contributed by atoms with Crippen LogP contribution in [-0.4, -0.2) is 41.8 Å². The molecule has 3 aromatic rings. The SMILES string of the molecule is CN1CCN(C(=O)c2ccco2)/C1=N/C(c1ccccc1)c1ccccc1. The maximum absolute atomic E-state index is 12.8. The van der Waals surface area contributed by atoms with Crippen LogP contribution in [0.5, 0.6) is 0 Å². The second-order valence-electron chi connectivity index (χ2n) is 6.51. The Labute approximate surface area is 158 Å². The van der Waals surface area contributed by atoms with Gasteiger partial charge in [0, 0.05) is 20.1 Å². The van der Waals surface area contributed by atoms with Crippen LogP contribution in [0.15, 0.2) is 88.5 Å². The molecule has 0 radical (unpaired) electrons. The molecule has 5 heteroatoms. The first-order valence-electron chi connectivity index (χ1n) is 8.98. The molecule has 136 valence electrons. The third-order valence-corrected chi connectivity index (χ3v) is 4.69. The van der Waals surface area contributed by atoms with Crippen LogP contribution >= 0.6 is 0 Å². The van der Waals surface area contributed by atoms with Crippen LogP contribution < -0.4 is 0 Å². The number of nitrogens with zero attached hydrogens (tertiary/aromatic N) is 3. The Balaban J connectivity index is 1.75. The van der Waals surface area contributed by atoms with Crippen LogP contribution in [0.4, 0.5) is 0 Å². The molecule has 1 aromatic heterocycles. The molecule has 1 fully saturated rings. The molecule has 0 aliphatic carbocycles. The molecule has 4 rings (SSSR count). The van der Waals surface area contributed by atoms with Gasteiger partial charge in [0.15, 0.2) is 5.76 Å². The number of amides is 1. The van der Waals surface area contributed by atoms with Gasteiger partial charge in [-0.15, -0.1) is 0 Å². The lowest BCUT2D eigenvalue weighted by molar-refractivity contribution is 0.0828. The largest absolute Gasteiger partial charge is 0.459 e. The molecule has 2 aromatic carbocycles. The van der Waals surface area contributed by atoms with Gasteiger partial charge in [-0.1, -0.05) is 60.7 Å². The van der Waals surface area contributed by atoms with Gasteiger partial charge < -0.3 is 9.32 Å². The van der Waals surface area contributed by atoms with Crippen LogP contribution in [0.3, 0.4) is 0 Å². The molecule has 2 heterocycles. The van der Waals surface area contributed by atoms with Gasteiger partial charge in [-0.3, -0.25) is 9.69 Å². The third-order valence-electron chi connectivity index (χ3n) is 4.69. The summed E-state index contributed by atoms with van der Waals surface area (Å²) in [5, 5.41) is 0. The second-order valence-corrected chi connectivity index (χ2v) is 6.51. The Hall–Kier alpha value is -3.34. The van der Waals surface area contributed by atoms with E-state index in [1.54, 1.807) is 17.0 Å². The van der Waals surface area contributed by atoms with Gasteiger partial charge in [-0.05, 0) is 23.3 Å². The Morgan fingerprint density at radius 2 is 1.56 bits per heavy atom. The molecule has 0 unspecified atom stereocenters. The van der Waals surface area contributed by atoms with Gasteiger partial charge in [-0.2, -0.15) is 0 Å². The normalized spacial score (nSPS) is 15.7. The maximum Gasteiger partial charge on any atom is 0.296 e. The number of rotatable bonds is 4. The van der Waals surface area contributed by atoms with Crippen molar-refractivity contribution in [2.24, 2.45) is 4.99 Å². The maximum atomic E-state index is 12.8. The summed E-state index contributed by atoms with van der Waals surface area (Å²) in [6.07, 6.45) is 1.51. The van der Waals surface area contributed by atoms with Crippen molar-refractivity contribution in [3.8, 4) is 0 Å². The Bertz CT molecular complexity index is 881. The highest BCUT2D eigenvalue weighted by Crippen LogP contribution is 2.27. The molecular weight excluding hydrogens is 338 g/mol. The highest BCUT2D eigenvalue weighted by molar-refractivity contribution is 6.05. The summed E-state index contributed by atoms with van der Waals surface area (Å²) >= 11 is 0. The van der Waals surface area contributed by atoms with Gasteiger partial charge >= 0.3 is 0 Å². The third kappa shape index (κ3) is 3.49. The van der Waals surface area contributed by atoms with Crippen molar-refractivity contribution < 1.29 is 9.21 Å². The number of furan rings is 1. The van der Waals surface area contributed by atoms with Crippen molar-refractivity contribution in [3.05, 3.63) is 95.9 Å². The first-order valence-corrected chi connectivity index (χ1v) is 8.98. The summed E-state index contributed by atoms with van der Waals surface area (Å²) in [6.45, 7) is 1.33. The van der Waals surface area contributed by atoms with Crippen molar-refractivity contribution in [3.63, 3.8) is 0 Å². The number of carbonyl (C=O) groups is 1. The smallest absolute Gasteiger partial charge is 0.296 e. The van der Waals surface area contributed by atoms with Crippen LogP contribution in [0.2, 0.25) is 0 Å². The lowest BCUT2D eigenvalue weighted by Gasteiger charge is -2.22. The predicted molar refractivity (Wildman–Crippen MR) is 105 cm³/mol. The number of aliphatic imine (C=N–C) groups is 1. The van der Waals surface area contributed by atoms with E-state index in [-0.39, 0.29) is 11.9 Å². The van der Waals surface area contributed by atoms with Gasteiger partial charge in [0.05, 0.1) is 6.26 Å². The number of likely N-dealkylation sites (N-methyl/N-ethyl adjacent to an activating group) is 1. The summed E-state index contributed by atoms with van der Waals surface area (Å²) in [6, 6.07) is 23.5. The molecule has 1 saturated heterocycles. The minimum Gasteiger partial charge on any atom is -0.459 e. The zero-order chi connectivity index (χ0) is 18.6. The quantitative estimate of drug-likeness (QED) is 0.712.